The average molecular weight is 369 g/mol. The Morgan fingerprint density at radius 2 is 1.63 bits per heavy atom. The predicted octanol–water partition coefficient (Wildman–Crippen LogP) is 3.86. The maximum atomic E-state index is 12.4. The molecule has 5 heteroatoms. The highest BCUT2D eigenvalue weighted by Crippen LogP contribution is 2.28. The summed E-state index contributed by atoms with van der Waals surface area (Å²) in [5.74, 6) is 1.93. The molecule has 0 saturated carbocycles. The van der Waals surface area contributed by atoms with Crippen molar-refractivity contribution < 1.29 is 19.0 Å². The van der Waals surface area contributed by atoms with Gasteiger partial charge < -0.3 is 19.5 Å². The lowest BCUT2D eigenvalue weighted by molar-refractivity contribution is -0.117. The lowest BCUT2D eigenvalue weighted by Gasteiger charge is -2.26. The van der Waals surface area contributed by atoms with Crippen LogP contribution >= 0.6 is 0 Å². The molecule has 2 aromatic carbocycles. The van der Waals surface area contributed by atoms with Gasteiger partial charge in [-0.1, -0.05) is 24.3 Å². The van der Waals surface area contributed by atoms with Crippen LogP contribution in [0.1, 0.15) is 25.0 Å². The van der Waals surface area contributed by atoms with Crippen LogP contribution in [0.4, 0.5) is 0 Å². The van der Waals surface area contributed by atoms with Crippen molar-refractivity contribution in [1.29, 1.82) is 0 Å². The van der Waals surface area contributed by atoms with Crippen molar-refractivity contribution in [3.8, 4) is 17.2 Å². The molecule has 2 aromatic rings. The molecule has 144 valence electrons. The van der Waals surface area contributed by atoms with E-state index in [1.807, 2.05) is 56.3 Å². The van der Waals surface area contributed by atoms with Gasteiger partial charge in [-0.15, -0.1) is 0 Å². The van der Waals surface area contributed by atoms with Crippen LogP contribution in [0.15, 0.2) is 48.5 Å². The summed E-state index contributed by atoms with van der Waals surface area (Å²) in [6, 6.07) is 13.3. The Bertz CT molecular complexity index is 812. The van der Waals surface area contributed by atoms with E-state index in [1.54, 1.807) is 27.4 Å². The quantitative estimate of drug-likeness (QED) is 0.718. The molecule has 5 nitrogen and oxygen atoms in total. The number of rotatable bonds is 8. The van der Waals surface area contributed by atoms with E-state index < -0.39 is 5.54 Å². The fourth-order valence-corrected chi connectivity index (χ4v) is 2.87. The summed E-state index contributed by atoms with van der Waals surface area (Å²) in [6.07, 6.45) is 3.93. The molecule has 0 fully saturated rings. The van der Waals surface area contributed by atoms with Crippen LogP contribution in [-0.4, -0.2) is 32.8 Å². The molecule has 0 saturated heterocycles. The van der Waals surface area contributed by atoms with Crippen molar-refractivity contribution in [2.45, 2.75) is 25.8 Å². The second-order valence-corrected chi connectivity index (χ2v) is 6.81. The van der Waals surface area contributed by atoms with Gasteiger partial charge in [0.2, 0.25) is 5.91 Å². The van der Waals surface area contributed by atoms with Crippen molar-refractivity contribution in [2.24, 2.45) is 0 Å². The molecular formula is C22H27NO4. The zero-order valence-electron chi connectivity index (χ0n) is 16.5. The summed E-state index contributed by atoms with van der Waals surface area (Å²) in [6.45, 7) is 3.98. The zero-order chi connectivity index (χ0) is 19.9. The van der Waals surface area contributed by atoms with Crippen LogP contribution in [0.3, 0.4) is 0 Å². The Kier molecular flexibility index (Phi) is 6.88. The maximum Gasteiger partial charge on any atom is 0.244 e. The summed E-state index contributed by atoms with van der Waals surface area (Å²) < 4.78 is 15.9. The van der Waals surface area contributed by atoms with E-state index in [2.05, 4.69) is 5.32 Å². The predicted molar refractivity (Wildman–Crippen MR) is 107 cm³/mol. The minimum atomic E-state index is -0.423. The van der Waals surface area contributed by atoms with Gasteiger partial charge in [-0.2, -0.15) is 0 Å². The van der Waals surface area contributed by atoms with Crippen molar-refractivity contribution in [1.82, 2.24) is 5.32 Å². The van der Waals surface area contributed by atoms with Gasteiger partial charge >= 0.3 is 0 Å². The fourth-order valence-electron chi connectivity index (χ4n) is 2.87. The number of benzene rings is 2. The third-order valence-electron chi connectivity index (χ3n) is 4.12. The van der Waals surface area contributed by atoms with Crippen LogP contribution in [0.5, 0.6) is 17.2 Å². The van der Waals surface area contributed by atoms with E-state index in [1.165, 1.54) is 6.08 Å². The van der Waals surface area contributed by atoms with Gasteiger partial charge in [-0.05, 0) is 55.7 Å². The first kappa shape index (κ1) is 20.4. The molecule has 0 unspecified atom stereocenters. The largest absolute Gasteiger partial charge is 0.496 e. The molecule has 0 aliphatic carbocycles. The van der Waals surface area contributed by atoms with E-state index in [-0.39, 0.29) is 5.91 Å². The van der Waals surface area contributed by atoms with E-state index in [0.717, 1.165) is 16.9 Å². The van der Waals surface area contributed by atoms with E-state index >= 15 is 0 Å². The van der Waals surface area contributed by atoms with Crippen molar-refractivity contribution in [3.63, 3.8) is 0 Å². The number of hydrogen-bond acceptors (Lipinski definition) is 4. The highest BCUT2D eigenvalue weighted by molar-refractivity contribution is 5.92. The molecule has 0 radical (unpaired) electrons. The third kappa shape index (κ3) is 5.78. The molecule has 27 heavy (non-hydrogen) atoms. The Labute approximate surface area is 161 Å². The van der Waals surface area contributed by atoms with E-state index in [0.29, 0.717) is 17.9 Å². The first-order valence-corrected chi connectivity index (χ1v) is 8.72. The minimum absolute atomic E-state index is 0.162. The van der Waals surface area contributed by atoms with Gasteiger partial charge in [0.05, 0.1) is 21.3 Å². The summed E-state index contributed by atoms with van der Waals surface area (Å²) in [5.41, 5.74) is 1.48. The van der Waals surface area contributed by atoms with Gasteiger partial charge in [0.1, 0.15) is 5.75 Å². The number of carbonyl (C=O) groups excluding carboxylic acids is 1. The SMILES string of the molecule is COc1ccccc1CC(C)(C)NC(=O)C=Cc1ccc(OC)c(OC)c1. The van der Waals surface area contributed by atoms with Crippen LogP contribution in [0.25, 0.3) is 6.08 Å². The standard InChI is InChI=1S/C22H27NO4/c1-22(2,15-17-8-6-7-9-18(17)25-3)23-21(24)13-11-16-10-12-19(26-4)20(14-16)27-5/h6-14H,15H2,1-5H3,(H,23,24). The second-order valence-electron chi connectivity index (χ2n) is 6.81. The number of para-hydroxylation sites is 1. The molecule has 0 atom stereocenters. The van der Waals surface area contributed by atoms with Gasteiger partial charge in [-0.25, -0.2) is 0 Å². The summed E-state index contributed by atoms with van der Waals surface area (Å²) in [5, 5.41) is 3.04. The normalized spacial score (nSPS) is 11.3. The van der Waals surface area contributed by atoms with Gasteiger partial charge in [0.25, 0.3) is 0 Å². The van der Waals surface area contributed by atoms with Crippen LogP contribution in [-0.2, 0) is 11.2 Å². The highest BCUT2D eigenvalue weighted by Gasteiger charge is 2.21. The number of methoxy groups -OCH3 is 3. The van der Waals surface area contributed by atoms with Crippen LogP contribution < -0.4 is 19.5 Å². The minimum Gasteiger partial charge on any atom is -0.496 e. The monoisotopic (exact) mass is 369 g/mol. The first-order chi connectivity index (χ1) is 12.9. The Morgan fingerprint density at radius 1 is 0.963 bits per heavy atom. The molecule has 0 heterocycles. The first-order valence-electron chi connectivity index (χ1n) is 8.72. The smallest absolute Gasteiger partial charge is 0.244 e. The molecule has 1 amide bonds. The molecule has 0 spiro atoms. The number of amides is 1. The van der Waals surface area contributed by atoms with Crippen molar-refractivity contribution >= 4 is 12.0 Å². The highest BCUT2D eigenvalue weighted by atomic mass is 16.5. The fraction of sp³-hybridized carbons (Fsp3) is 0.318. The van der Waals surface area contributed by atoms with E-state index in [4.69, 9.17) is 14.2 Å². The molecule has 0 aliphatic rings. The molecule has 2 rings (SSSR count). The molecular weight excluding hydrogens is 342 g/mol. The number of carbonyl (C=O) groups is 1. The molecule has 0 aromatic heterocycles. The van der Waals surface area contributed by atoms with Crippen LogP contribution in [0, 0.1) is 0 Å². The van der Waals surface area contributed by atoms with Gasteiger partial charge in [-0.3, -0.25) is 4.79 Å². The summed E-state index contributed by atoms with van der Waals surface area (Å²) in [7, 11) is 4.82. The second kappa shape index (κ2) is 9.12. The zero-order valence-corrected chi connectivity index (χ0v) is 16.5. The molecule has 1 N–H and O–H groups in total. The maximum absolute atomic E-state index is 12.4. The summed E-state index contributed by atoms with van der Waals surface area (Å²) in [4.78, 5) is 12.4. The number of hydrogen-bond donors (Lipinski definition) is 1. The van der Waals surface area contributed by atoms with E-state index in [9.17, 15) is 4.79 Å². The lowest BCUT2D eigenvalue weighted by Crippen LogP contribution is -2.44. The van der Waals surface area contributed by atoms with Crippen molar-refractivity contribution in [2.75, 3.05) is 21.3 Å². The Balaban J connectivity index is 2.04. The number of nitrogens with one attached hydrogen (secondary N) is 1. The van der Waals surface area contributed by atoms with Crippen LogP contribution in [0.2, 0.25) is 0 Å². The van der Waals surface area contributed by atoms with Gasteiger partial charge in [0.15, 0.2) is 11.5 Å². The van der Waals surface area contributed by atoms with Gasteiger partial charge in [0, 0.05) is 11.6 Å². The topological polar surface area (TPSA) is 56.8 Å². The summed E-state index contributed by atoms with van der Waals surface area (Å²) >= 11 is 0. The molecule has 0 aliphatic heterocycles. The molecule has 0 bridgehead atoms. The van der Waals surface area contributed by atoms with Crippen molar-refractivity contribution in [3.05, 3.63) is 59.7 Å². The average Bonchev–Trinajstić information content (AvgIpc) is 2.65. The third-order valence-corrected chi connectivity index (χ3v) is 4.12. The Hall–Kier alpha value is -2.95. The Morgan fingerprint density at radius 3 is 2.30 bits per heavy atom. The number of ether oxygens (including phenoxy) is 3. The lowest BCUT2D eigenvalue weighted by atomic mass is 9.94.